The van der Waals surface area contributed by atoms with Crippen molar-refractivity contribution in [3.8, 4) is 0 Å². The number of amides is 1. The van der Waals surface area contributed by atoms with Gasteiger partial charge in [-0.25, -0.2) is 0 Å². The smallest absolute Gasteiger partial charge is 0.222 e. The van der Waals surface area contributed by atoms with E-state index in [0.717, 1.165) is 26.2 Å². The van der Waals surface area contributed by atoms with E-state index in [-0.39, 0.29) is 11.7 Å². The molecule has 1 aliphatic rings. The first-order valence-corrected chi connectivity index (χ1v) is 5.79. The van der Waals surface area contributed by atoms with Gasteiger partial charge in [0.25, 0.3) is 0 Å². The molecule has 4 nitrogen and oxygen atoms in total. The summed E-state index contributed by atoms with van der Waals surface area (Å²) in [5.74, 6) is 0.386. The van der Waals surface area contributed by atoms with Crippen molar-refractivity contribution in [2.75, 3.05) is 26.2 Å². The van der Waals surface area contributed by atoms with Crippen molar-refractivity contribution in [1.29, 1.82) is 0 Å². The van der Waals surface area contributed by atoms with Crippen LogP contribution in [-0.4, -0.2) is 42.8 Å². The lowest BCUT2D eigenvalue weighted by molar-refractivity contribution is -0.131. The van der Waals surface area contributed by atoms with Gasteiger partial charge in [-0.15, -0.1) is 0 Å². The second kappa shape index (κ2) is 9.09. The topological polar surface area (TPSA) is 49.4 Å². The number of ketones is 1. The molecular weight excluding hydrogens is 204 g/mol. The van der Waals surface area contributed by atoms with E-state index in [0.29, 0.717) is 12.8 Å². The Kier molecular flexibility index (Phi) is 8.43. The average Bonchev–Trinajstić information content (AvgIpc) is 2.38. The van der Waals surface area contributed by atoms with Gasteiger partial charge in [-0.05, 0) is 6.08 Å². The Bertz CT molecular complexity index is 233. The highest BCUT2D eigenvalue weighted by atomic mass is 16.2. The maximum Gasteiger partial charge on any atom is 0.222 e. The minimum absolute atomic E-state index is 0.106. The Morgan fingerprint density at radius 2 is 1.81 bits per heavy atom. The molecule has 1 amide bonds. The molecule has 0 aromatic heterocycles. The number of hydrogen-bond donors (Lipinski definition) is 1. The van der Waals surface area contributed by atoms with E-state index in [1.54, 1.807) is 0 Å². The summed E-state index contributed by atoms with van der Waals surface area (Å²) in [4.78, 5) is 23.0. The second-order valence-electron chi connectivity index (χ2n) is 3.51. The number of carbonyl (C=O) groups excluding carboxylic acids is 2. The fraction of sp³-hybridized carbons (Fsp3) is 0.667. The van der Waals surface area contributed by atoms with Crippen LogP contribution in [0.3, 0.4) is 0 Å². The van der Waals surface area contributed by atoms with E-state index in [2.05, 4.69) is 11.9 Å². The Hall–Kier alpha value is -1.16. The van der Waals surface area contributed by atoms with E-state index < -0.39 is 0 Å². The molecule has 4 heteroatoms. The predicted octanol–water partition coefficient (Wildman–Crippen LogP) is 0.980. The second-order valence-corrected chi connectivity index (χ2v) is 3.51. The van der Waals surface area contributed by atoms with Crippen LogP contribution < -0.4 is 5.32 Å². The highest BCUT2D eigenvalue weighted by molar-refractivity contribution is 5.88. The molecule has 1 N–H and O–H groups in total. The van der Waals surface area contributed by atoms with Gasteiger partial charge < -0.3 is 10.2 Å². The molecule has 0 saturated carbocycles. The third-order valence-electron chi connectivity index (χ3n) is 2.35. The van der Waals surface area contributed by atoms with Gasteiger partial charge in [0.2, 0.25) is 5.91 Å². The van der Waals surface area contributed by atoms with Crippen LogP contribution in [0.4, 0.5) is 0 Å². The Morgan fingerprint density at radius 3 is 2.12 bits per heavy atom. The molecule has 0 radical (unpaired) electrons. The first-order valence-electron chi connectivity index (χ1n) is 5.79. The van der Waals surface area contributed by atoms with Crippen LogP contribution in [0.15, 0.2) is 12.7 Å². The monoisotopic (exact) mass is 226 g/mol. The summed E-state index contributed by atoms with van der Waals surface area (Å²) in [6.07, 6.45) is 2.55. The molecule has 0 unspecified atom stereocenters. The van der Waals surface area contributed by atoms with E-state index in [1.807, 2.05) is 18.7 Å². The van der Waals surface area contributed by atoms with Gasteiger partial charge in [0, 0.05) is 39.0 Å². The Labute approximate surface area is 97.7 Å². The number of hydrogen-bond acceptors (Lipinski definition) is 3. The van der Waals surface area contributed by atoms with Crippen molar-refractivity contribution >= 4 is 11.7 Å². The SMILES string of the molecule is C=CC(=O)CC.CCC(=O)N1CCNCC1. The van der Waals surface area contributed by atoms with Crippen LogP contribution in [0, 0.1) is 0 Å². The lowest BCUT2D eigenvalue weighted by atomic mass is 10.3. The summed E-state index contributed by atoms with van der Waals surface area (Å²) in [6.45, 7) is 10.7. The van der Waals surface area contributed by atoms with Crippen molar-refractivity contribution in [3.05, 3.63) is 12.7 Å². The van der Waals surface area contributed by atoms with E-state index in [9.17, 15) is 9.59 Å². The molecule has 0 bridgehead atoms. The molecule has 0 aromatic carbocycles. The van der Waals surface area contributed by atoms with Crippen molar-refractivity contribution in [3.63, 3.8) is 0 Å². The van der Waals surface area contributed by atoms with Crippen molar-refractivity contribution in [1.82, 2.24) is 10.2 Å². The fourth-order valence-electron chi connectivity index (χ4n) is 1.28. The van der Waals surface area contributed by atoms with Crippen LogP contribution >= 0.6 is 0 Å². The standard InChI is InChI=1S/C7H14N2O.C5H8O/c1-2-7(10)9-5-3-8-4-6-9;1-3-5(6)4-2/h8H,2-6H2,1H3;3H,1,4H2,2H3. The van der Waals surface area contributed by atoms with Gasteiger partial charge in [0.1, 0.15) is 0 Å². The maximum atomic E-state index is 11.1. The number of carbonyl (C=O) groups is 2. The first kappa shape index (κ1) is 14.8. The zero-order chi connectivity index (χ0) is 12.4. The van der Waals surface area contributed by atoms with Crippen molar-refractivity contribution in [2.45, 2.75) is 26.7 Å². The molecule has 92 valence electrons. The van der Waals surface area contributed by atoms with Crippen LogP contribution in [0.2, 0.25) is 0 Å². The quantitative estimate of drug-likeness (QED) is 0.730. The molecule has 0 atom stereocenters. The third kappa shape index (κ3) is 6.35. The average molecular weight is 226 g/mol. The van der Waals surface area contributed by atoms with E-state index in [4.69, 9.17) is 0 Å². The van der Waals surface area contributed by atoms with Crippen LogP contribution in [0.25, 0.3) is 0 Å². The highest BCUT2D eigenvalue weighted by Crippen LogP contribution is 1.95. The van der Waals surface area contributed by atoms with E-state index >= 15 is 0 Å². The molecule has 1 rings (SSSR count). The fourth-order valence-corrected chi connectivity index (χ4v) is 1.28. The predicted molar refractivity (Wildman–Crippen MR) is 65.2 cm³/mol. The Morgan fingerprint density at radius 1 is 1.25 bits per heavy atom. The Balaban J connectivity index is 0.000000325. The van der Waals surface area contributed by atoms with Gasteiger partial charge in [-0.1, -0.05) is 20.4 Å². The number of rotatable bonds is 3. The minimum Gasteiger partial charge on any atom is -0.340 e. The van der Waals surface area contributed by atoms with Crippen molar-refractivity contribution < 1.29 is 9.59 Å². The van der Waals surface area contributed by atoms with Gasteiger partial charge in [-0.3, -0.25) is 9.59 Å². The third-order valence-corrected chi connectivity index (χ3v) is 2.35. The summed E-state index contributed by atoms with van der Waals surface area (Å²) < 4.78 is 0. The van der Waals surface area contributed by atoms with Gasteiger partial charge >= 0.3 is 0 Å². The lowest BCUT2D eigenvalue weighted by Crippen LogP contribution is -2.46. The molecular formula is C12H22N2O2. The molecule has 16 heavy (non-hydrogen) atoms. The molecule has 1 heterocycles. The normalized spacial score (nSPS) is 14.8. The summed E-state index contributed by atoms with van der Waals surface area (Å²) in [5.41, 5.74) is 0. The molecule has 1 aliphatic heterocycles. The number of allylic oxidation sites excluding steroid dienone is 1. The van der Waals surface area contributed by atoms with Gasteiger partial charge in [0.05, 0.1) is 0 Å². The number of piperazine rings is 1. The summed E-state index contributed by atoms with van der Waals surface area (Å²) in [7, 11) is 0. The van der Waals surface area contributed by atoms with Crippen LogP contribution in [-0.2, 0) is 9.59 Å². The van der Waals surface area contributed by atoms with Gasteiger partial charge in [-0.2, -0.15) is 0 Å². The summed E-state index contributed by atoms with van der Waals surface area (Å²) in [6, 6.07) is 0. The van der Waals surface area contributed by atoms with Crippen LogP contribution in [0.1, 0.15) is 26.7 Å². The molecule has 0 aromatic rings. The maximum absolute atomic E-state index is 11.1. The molecule has 1 fully saturated rings. The number of nitrogens with zero attached hydrogens (tertiary/aromatic N) is 1. The van der Waals surface area contributed by atoms with E-state index in [1.165, 1.54) is 6.08 Å². The number of nitrogens with one attached hydrogen (secondary N) is 1. The summed E-state index contributed by atoms with van der Waals surface area (Å²) in [5, 5.41) is 3.20. The minimum atomic E-state index is 0.106. The molecule has 0 aliphatic carbocycles. The van der Waals surface area contributed by atoms with Crippen LogP contribution in [0.5, 0.6) is 0 Å². The van der Waals surface area contributed by atoms with Crippen molar-refractivity contribution in [2.24, 2.45) is 0 Å². The largest absolute Gasteiger partial charge is 0.340 e. The zero-order valence-electron chi connectivity index (χ0n) is 10.3. The zero-order valence-corrected chi connectivity index (χ0v) is 10.3. The highest BCUT2D eigenvalue weighted by Gasteiger charge is 2.12. The van der Waals surface area contributed by atoms with Gasteiger partial charge in [0.15, 0.2) is 5.78 Å². The molecule has 0 spiro atoms. The lowest BCUT2D eigenvalue weighted by Gasteiger charge is -2.26. The molecule has 1 saturated heterocycles. The summed E-state index contributed by atoms with van der Waals surface area (Å²) >= 11 is 0. The first-order chi connectivity index (χ1) is 7.65.